The Balaban J connectivity index is 2.00. The summed E-state index contributed by atoms with van der Waals surface area (Å²) in [5.41, 5.74) is 3.44. The van der Waals surface area contributed by atoms with Crippen LogP contribution in [0.4, 0.5) is 5.69 Å². The molecule has 0 aliphatic carbocycles. The molecule has 0 saturated carbocycles. The fourth-order valence-electron chi connectivity index (χ4n) is 2.22. The minimum absolute atomic E-state index is 0.111. The average Bonchev–Trinajstić information content (AvgIpc) is 2.49. The lowest BCUT2D eigenvalue weighted by molar-refractivity contribution is 0.102. The smallest absolute Gasteiger partial charge is 0.255 e. The number of pyridine rings is 1. The van der Waals surface area contributed by atoms with Gasteiger partial charge in [-0.25, -0.2) is 0 Å². The molecule has 0 unspecified atom stereocenters. The molecular formula is C17H14N2O. The van der Waals surface area contributed by atoms with E-state index in [9.17, 15) is 4.79 Å². The Hall–Kier alpha value is -2.68. The lowest BCUT2D eigenvalue weighted by Gasteiger charge is -2.09. The SMILES string of the molecule is Cc1cccc2c(NC(=O)c3ccccc3)ccnc12. The van der Waals surface area contributed by atoms with Crippen LogP contribution in [-0.4, -0.2) is 10.9 Å². The molecule has 1 heterocycles. The van der Waals surface area contributed by atoms with E-state index in [0.29, 0.717) is 5.56 Å². The van der Waals surface area contributed by atoms with Crippen molar-refractivity contribution in [3.8, 4) is 0 Å². The van der Waals surface area contributed by atoms with Gasteiger partial charge in [0.05, 0.1) is 11.2 Å². The molecule has 3 aromatic rings. The Labute approximate surface area is 117 Å². The largest absolute Gasteiger partial charge is 0.321 e. The molecule has 1 aromatic heterocycles. The first-order valence-corrected chi connectivity index (χ1v) is 6.46. The van der Waals surface area contributed by atoms with Crippen molar-refractivity contribution in [1.29, 1.82) is 0 Å². The van der Waals surface area contributed by atoms with Crippen LogP contribution in [0.1, 0.15) is 15.9 Å². The number of carbonyl (C=O) groups excluding carboxylic acids is 1. The van der Waals surface area contributed by atoms with Gasteiger partial charge in [-0.2, -0.15) is 0 Å². The van der Waals surface area contributed by atoms with Crippen molar-refractivity contribution in [2.75, 3.05) is 5.32 Å². The Morgan fingerprint density at radius 1 is 1.00 bits per heavy atom. The molecule has 0 aliphatic heterocycles. The molecule has 0 aliphatic rings. The number of anilines is 1. The standard InChI is InChI=1S/C17H14N2O/c1-12-6-5-9-14-15(10-11-18-16(12)14)19-17(20)13-7-3-2-4-8-13/h2-11H,1H3,(H,18,19,20). The second-order valence-corrected chi connectivity index (χ2v) is 4.65. The van der Waals surface area contributed by atoms with Gasteiger partial charge in [-0.05, 0) is 30.7 Å². The highest BCUT2D eigenvalue weighted by atomic mass is 16.1. The zero-order valence-electron chi connectivity index (χ0n) is 11.1. The van der Waals surface area contributed by atoms with Gasteiger partial charge in [0.1, 0.15) is 0 Å². The monoisotopic (exact) mass is 262 g/mol. The number of rotatable bonds is 2. The van der Waals surface area contributed by atoms with Crippen LogP contribution in [0.3, 0.4) is 0 Å². The Morgan fingerprint density at radius 2 is 1.80 bits per heavy atom. The van der Waals surface area contributed by atoms with Gasteiger partial charge in [-0.3, -0.25) is 9.78 Å². The lowest BCUT2D eigenvalue weighted by Crippen LogP contribution is -2.12. The van der Waals surface area contributed by atoms with Crippen LogP contribution in [0.5, 0.6) is 0 Å². The Kier molecular flexibility index (Phi) is 3.17. The molecule has 1 amide bonds. The second kappa shape index (κ2) is 5.13. The van der Waals surface area contributed by atoms with Gasteiger partial charge in [-0.1, -0.05) is 36.4 Å². The van der Waals surface area contributed by atoms with E-state index >= 15 is 0 Å². The summed E-state index contributed by atoms with van der Waals surface area (Å²) >= 11 is 0. The fourth-order valence-corrected chi connectivity index (χ4v) is 2.22. The van der Waals surface area contributed by atoms with Crippen LogP contribution >= 0.6 is 0 Å². The third-order valence-corrected chi connectivity index (χ3v) is 3.26. The fraction of sp³-hybridized carbons (Fsp3) is 0.0588. The van der Waals surface area contributed by atoms with Gasteiger partial charge < -0.3 is 5.32 Å². The highest BCUT2D eigenvalue weighted by Gasteiger charge is 2.08. The zero-order chi connectivity index (χ0) is 13.9. The van der Waals surface area contributed by atoms with Crippen LogP contribution in [0, 0.1) is 6.92 Å². The number of para-hydroxylation sites is 1. The normalized spacial score (nSPS) is 10.4. The molecular weight excluding hydrogens is 248 g/mol. The number of nitrogens with one attached hydrogen (secondary N) is 1. The van der Waals surface area contributed by atoms with Crippen LogP contribution in [0.25, 0.3) is 10.9 Å². The number of fused-ring (bicyclic) bond motifs is 1. The van der Waals surface area contributed by atoms with Crippen LogP contribution in [0.2, 0.25) is 0 Å². The molecule has 98 valence electrons. The summed E-state index contributed by atoms with van der Waals surface area (Å²) in [6.07, 6.45) is 1.72. The van der Waals surface area contributed by atoms with Crippen molar-refractivity contribution in [2.45, 2.75) is 6.92 Å². The minimum Gasteiger partial charge on any atom is -0.321 e. The van der Waals surface area contributed by atoms with Gasteiger partial charge in [0.2, 0.25) is 0 Å². The first kappa shape index (κ1) is 12.4. The van der Waals surface area contributed by atoms with Crippen molar-refractivity contribution in [2.24, 2.45) is 0 Å². The van der Waals surface area contributed by atoms with E-state index in [-0.39, 0.29) is 5.91 Å². The molecule has 2 aromatic carbocycles. The molecule has 20 heavy (non-hydrogen) atoms. The van der Waals surface area contributed by atoms with Gasteiger partial charge in [0.15, 0.2) is 0 Å². The van der Waals surface area contributed by atoms with Crippen molar-refractivity contribution in [1.82, 2.24) is 4.98 Å². The summed E-state index contributed by atoms with van der Waals surface area (Å²) in [6, 6.07) is 17.0. The predicted octanol–water partition coefficient (Wildman–Crippen LogP) is 3.80. The molecule has 3 heteroatoms. The van der Waals surface area contributed by atoms with Crippen LogP contribution in [0.15, 0.2) is 60.8 Å². The molecule has 0 atom stereocenters. The molecule has 3 rings (SSSR count). The van der Waals surface area contributed by atoms with Crippen molar-refractivity contribution in [3.63, 3.8) is 0 Å². The summed E-state index contributed by atoms with van der Waals surface area (Å²) in [4.78, 5) is 16.6. The number of aromatic nitrogens is 1. The summed E-state index contributed by atoms with van der Waals surface area (Å²) < 4.78 is 0. The van der Waals surface area contributed by atoms with Crippen molar-refractivity contribution >= 4 is 22.5 Å². The van der Waals surface area contributed by atoms with Gasteiger partial charge in [0, 0.05) is 17.1 Å². The maximum atomic E-state index is 12.2. The topological polar surface area (TPSA) is 42.0 Å². The highest BCUT2D eigenvalue weighted by molar-refractivity contribution is 6.08. The van der Waals surface area contributed by atoms with Gasteiger partial charge in [-0.15, -0.1) is 0 Å². The summed E-state index contributed by atoms with van der Waals surface area (Å²) in [5, 5.41) is 3.90. The van der Waals surface area contributed by atoms with E-state index in [4.69, 9.17) is 0 Å². The maximum absolute atomic E-state index is 12.2. The number of aryl methyl sites for hydroxylation is 1. The van der Waals surface area contributed by atoms with E-state index in [2.05, 4.69) is 10.3 Å². The number of carbonyl (C=O) groups is 1. The van der Waals surface area contributed by atoms with E-state index in [1.54, 1.807) is 18.3 Å². The zero-order valence-corrected chi connectivity index (χ0v) is 11.1. The molecule has 0 bridgehead atoms. The number of hydrogen-bond donors (Lipinski definition) is 1. The average molecular weight is 262 g/mol. The van der Waals surface area contributed by atoms with Crippen LogP contribution in [-0.2, 0) is 0 Å². The molecule has 0 spiro atoms. The van der Waals surface area contributed by atoms with E-state index < -0.39 is 0 Å². The first-order chi connectivity index (χ1) is 9.75. The van der Waals surface area contributed by atoms with E-state index in [1.807, 2.05) is 49.4 Å². The predicted molar refractivity (Wildman–Crippen MR) is 80.9 cm³/mol. The van der Waals surface area contributed by atoms with Crippen molar-refractivity contribution in [3.05, 3.63) is 71.9 Å². The first-order valence-electron chi connectivity index (χ1n) is 6.46. The maximum Gasteiger partial charge on any atom is 0.255 e. The molecule has 3 nitrogen and oxygen atoms in total. The van der Waals surface area contributed by atoms with Gasteiger partial charge in [0.25, 0.3) is 5.91 Å². The minimum atomic E-state index is -0.111. The molecule has 0 radical (unpaired) electrons. The van der Waals surface area contributed by atoms with Crippen molar-refractivity contribution < 1.29 is 4.79 Å². The molecule has 1 N–H and O–H groups in total. The Bertz CT molecular complexity index is 766. The third-order valence-electron chi connectivity index (χ3n) is 3.26. The number of amides is 1. The van der Waals surface area contributed by atoms with Crippen LogP contribution < -0.4 is 5.32 Å². The van der Waals surface area contributed by atoms with E-state index in [0.717, 1.165) is 22.2 Å². The molecule has 0 saturated heterocycles. The summed E-state index contributed by atoms with van der Waals surface area (Å²) in [7, 11) is 0. The molecule has 0 fully saturated rings. The number of benzene rings is 2. The quantitative estimate of drug-likeness (QED) is 0.763. The lowest BCUT2D eigenvalue weighted by atomic mass is 10.1. The number of nitrogens with zero attached hydrogens (tertiary/aromatic N) is 1. The summed E-state index contributed by atoms with van der Waals surface area (Å²) in [5.74, 6) is -0.111. The van der Waals surface area contributed by atoms with Gasteiger partial charge >= 0.3 is 0 Å². The summed E-state index contributed by atoms with van der Waals surface area (Å²) in [6.45, 7) is 2.01. The Morgan fingerprint density at radius 3 is 2.60 bits per heavy atom. The second-order valence-electron chi connectivity index (χ2n) is 4.65. The van der Waals surface area contributed by atoms with E-state index in [1.165, 1.54) is 0 Å². The third kappa shape index (κ3) is 2.26. The highest BCUT2D eigenvalue weighted by Crippen LogP contribution is 2.24. The number of hydrogen-bond acceptors (Lipinski definition) is 2.